The highest BCUT2D eigenvalue weighted by Crippen LogP contribution is 2.69. The van der Waals surface area contributed by atoms with Gasteiger partial charge in [-0.15, -0.1) is 0 Å². The van der Waals surface area contributed by atoms with Crippen molar-refractivity contribution in [1.29, 1.82) is 0 Å². The van der Waals surface area contributed by atoms with Gasteiger partial charge in [-0.2, -0.15) is 17.6 Å². The lowest BCUT2D eigenvalue weighted by Crippen LogP contribution is -2.53. The molecule has 0 saturated heterocycles. The number of halogens is 4. The van der Waals surface area contributed by atoms with Crippen molar-refractivity contribution < 1.29 is 22.3 Å². The maximum atomic E-state index is 15.8. The lowest BCUT2D eigenvalue weighted by molar-refractivity contribution is -0.372. The zero-order valence-electron chi connectivity index (χ0n) is 26.4. The topological polar surface area (TPSA) is 61.3 Å². The van der Waals surface area contributed by atoms with Crippen LogP contribution in [-0.2, 0) is 10.7 Å². The Bertz CT molecular complexity index is 1110. The van der Waals surface area contributed by atoms with Crippen molar-refractivity contribution in [3.63, 3.8) is 0 Å². The normalized spacial score (nSPS) is 37.7. The van der Waals surface area contributed by atoms with Crippen LogP contribution in [0.1, 0.15) is 117 Å². The molecular formula is C35H54F4N2O. The van der Waals surface area contributed by atoms with Crippen molar-refractivity contribution in [2.24, 2.45) is 52.3 Å². The fourth-order valence-corrected chi connectivity index (χ4v) is 10.8. The van der Waals surface area contributed by atoms with E-state index in [1.807, 2.05) is 0 Å². The molecule has 2 unspecified atom stereocenters. The minimum Gasteiger partial charge on any atom is -0.399 e. The fourth-order valence-electron chi connectivity index (χ4n) is 10.8. The average molecular weight is 595 g/mol. The Kier molecular flexibility index (Phi) is 8.70. The molecule has 0 radical (unpaired) electrons. The van der Waals surface area contributed by atoms with Gasteiger partial charge in [0.05, 0.1) is 11.7 Å². The number of benzene rings is 1. The molecule has 3 nitrogen and oxygen atoms in total. The van der Waals surface area contributed by atoms with Crippen LogP contribution in [0.2, 0.25) is 0 Å². The molecule has 0 aromatic heterocycles. The molecule has 4 aliphatic rings. The molecule has 42 heavy (non-hydrogen) atoms. The third-order valence-electron chi connectivity index (χ3n) is 12.8. The molecule has 4 fully saturated rings. The molecule has 0 spiro atoms. The third kappa shape index (κ3) is 5.36. The van der Waals surface area contributed by atoms with Crippen LogP contribution in [0.15, 0.2) is 18.2 Å². The van der Waals surface area contributed by atoms with Crippen molar-refractivity contribution in [2.45, 2.75) is 130 Å². The highest BCUT2D eigenvalue weighted by atomic mass is 19.3. The molecule has 0 amide bonds. The Morgan fingerprint density at radius 1 is 0.905 bits per heavy atom. The Labute approximate surface area is 250 Å². The standard InChI is InChI=1S/C35H54F4N2O/c1-21(2)9-8-10-22(3)31-30(42-35(38,39)34(36,37)27-15-13-24(40)19-29(27)41)20-28-25-14-12-23-11-6-7-17-32(23,4)26(25)16-18-33(28,31)5/h13,15,19,21-23,25-26,28,30-31H,6-12,14,16-18,20,40-41H2,1-5H3/t22-,23?,25-,26+,28+,30?,31+,32+,33+/m1/s1. The summed E-state index contributed by atoms with van der Waals surface area (Å²) >= 11 is 0. The summed E-state index contributed by atoms with van der Waals surface area (Å²) in [7, 11) is 0. The molecule has 0 heterocycles. The monoisotopic (exact) mass is 594 g/mol. The number of hydrogen-bond donors (Lipinski definition) is 2. The van der Waals surface area contributed by atoms with Crippen LogP contribution in [0.4, 0.5) is 28.9 Å². The molecule has 7 heteroatoms. The van der Waals surface area contributed by atoms with E-state index in [0.717, 1.165) is 56.6 Å². The predicted octanol–water partition coefficient (Wildman–Crippen LogP) is 10.0. The Balaban J connectivity index is 1.46. The molecular weight excluding hydrogens is 540 g/mol. The molecule has 238 valence electrons. The zero-order valence-corrected chi connectivity index (χ0v) is 26.4. The van der Waals surface area contributed by atoms with Gasteiger partial charge in [0.25, 0.3) is 0 Å². The average Bonchev–Trinajstić information content (AvgIpc) is 3.18. The van der Waals surface area contributed by atoms with Crippen molar-refractivity contribution in [2.75, 3.05) is 11.5 Å². The number of nitrogen functional groups attached to an aromatic ring is 2. The Morgan fingerprint density at radius 2 is 1.64 bits per heavy atom. The van der Waals surface area contributed by atoms with Gasteiger partial charge in [-0.25, -0.2) is 0 Å². The van der Waals surface area contributed by atoms with E-state index in [2.05, 4.69) is 34.6 Å². The van der Waals surface area contributed by atoms with Crippen LogP contribution in [0.3, 0.4) is 0 Å². The van der Waals surface area contributed by atoms with Gasteiger partial charge >= 0.3 is 12.0 Å². The summed E-state index contributed by atoms with van der Waals surface area (Å²) in [5.74, 6) is -2.11. The third-order valence-corrected chi connectivity index (χ3v) is 12.8. The number of hydrogen-bond acceptors (Lipinski definition) is 3. The number of rotatable bonds is 9. The molecule has 9 atom stereocenters. The van der Waals surface area contributed by atoms with E-state index in [4.69, 9.17) is 16.2 Å². The summed E-state index contributed by atoms with van der Waals surface area (Å²) in [4.78, 5) is 0. The van der Waals surface area contributed by atoms with Gasteiger partial charge in [0.15, 0.2) is 0 Å². The van der Waals surface area contributed by atoms with E-state index in [-0.39, 0.29) is 28.9 Å². The number of nitrogens with two attached hydrogens (primary N) is 2. The summed E-state index contributed by atoms with van der Waals surface area (Å²) in [6.07, 6.45) is 7.32. The minimum absolute atomic E-state index is 0.105. The van der Waals surface area contributed by atoms with Crippen LogP contribution in [0.5, 0.6) is 0 Å². The maximum Gasteiger partial charge on any atom is 0.424 e. The number of anilines is 2. The second-order valence-electron chi connectivity index (χ2n) is 15.6. The lowest BCUT2D eigenvalue weighted by atomic mass is 9.44. The van der Waals surface area contributed by atoms with Gasteiger partial charge in [0.1, 0.15) is 0 Å². The van der Waals surface area contributed by atoms with E-state index in [9.17, 15) is 0 Å². The SMILES string of the molecule is CC(C)CCC[C@@H](C)[C@H]1C(OC(F)(F)C(F)(F)c2ccc(N)cc2N)C[C@H]2[C@@H]3CCC4CCCC[C@]4(C)[C@H]3CC[C@]12C. The number of fused-ring (bicyclic) bond motifs is 5. The second kappa shape index (κ2) is 11.5. The summed E-state index contributed by atoms with van der Waals surface area (Å²) < 4.78 is 68.2. The molecule has 4 saturated carbocycles. The number of alkyl halides is 4. The Morgan fingerprint density at radius 3 is 2.33 bits per heavy atom. The van der Waals surface area contributed by atoms with Crippen LogP contribution in [-0.4, -0.2) is 12.2 Å². The van der Waals surface area contributed by atoms with Gasteiger partial charge in [0, 0.05) is 11.4 Å². The first-order valence-electron chi connectivity index (χ1n) is 16.7. The van der Waals surface area contributed by atoms with Crippen LogP contribution in [0.25, 0.3) is 0 Å². The summed E-state index contributed by atoms with van der Waals surface area (Å²) in [6, 6.07) is 3.19. The molecule has 4 N–H and O–H groups in total. The second-order valence-corrected chi connectivity index (χ2v) is 15.6. The molecule has 5 rings (SSSR count). The quantitative estimate of drug-likeness (QED) is 0.221. The van der Waals surface area contributed by atoms with E-state index in [0.29, 0.717) is 29.6 Å². The Hall–Kier alpha value is -1.50. The van der Waals surface area contributed by atoms with E-state index < -0.39 is 29.4 Å². The predicted molar refractivity (Wildman–Crippen MR) is 162 cm³/mol. The molecule has 1 aromatic carbocycles. The van der Waals surface area contributed by atoms with Gasteiger partial charge in [-0.3, -0.25) is 0 Å². The highest BCUT2D eigenvalue weighted by Gasteiger charge is 2.67. The van der Waals surface area contributed by atoms with Gasteiger partial charge in [-0.05, 0) is 115 Å². The smallest absolute Gasteiger partial charge is 0.399 e. The van der Waals surface area contributed by atoms with Crippen LogP contribution < -0.4 is 11.5 Å². The van der Waals surface area contributed by atoms with Crippen molar-refractivity contribution in [1.82, 2.24) is 0 Å². The van der Waals surface area contributed by atoms with Gasteiger partial charge in [-0.1, -0.05) is 66.7 Å². The van der Waals surface area contributed by atoms with E-state index in [1.54, 1.807) is 0 Å². The lowest BCUT2D eigenvalue weighted by Gasteiger charge is -2.60. The van der Waals surface area contributed by atoms with Crippen LogP contribution >= 0.6 is 0 Å². The van der Waals surface area contributed by atoms with Crippen molar-refractivity contribution >= 4 is 11.4 Å². The molecule has 4 aliphatic carbocycles. The zero-order chi connectivity index (χ0) is 30.7. The first-order chi connectivity index (χ1) is 19.6. The van der Waals surface area contributed by atoms with Gasteiger partial charge < -0.3 is 16.2 Å². The summed E-state index contributed by atoms with van der Waals surface area (Å²) in [5, 5.41) is 0. The fraction of sp³-hybridized carbons (Fsp3) is 0.829. The molecule has 0 aliphatic heterocycles. The van der Waals surface area contributed by atoms with E-state index >= 15 is 17.6 Å². The van der Waals surface area contributed by atoms with Crippen molar-refractivity contribution in [3.05, 3.63) is 23.8 Å². The van der Waals surface area contributed by atoms with E-state index in [1.165, 1.54) is 38.2 Å². The van der Waals surface area contributed by atoms with Crippen LogP contribution in [0, 0.1) is 52.3 Å². The van der Waals surface area contributed by atoms with Gasteiger partial charge in [0.2, 0.25) is 0 Å². The highest BCUT2D eigenvalue weighted by molar-refractivity contribution is 5.58. The number of ether oxygens (including phenoxy) is 1. The molecule has 0 bridgehead atoms. The minimum atomic E-state index is -4.70. The first-order valence-corrected chi connectivity index (χ1v) is 16.7. The molecule has 1 aromatic rings. The summed E-state index contributed by atoms with van der Waals surface area (Å²) in [6.45, 7) is 11.3. The first kappa shape index (κ1) is 31.9. The van der Waals surface area contributed by atoms with Crippen molar-refractivity contribution in [3.8, 4) is 0 Å². The maximum absolute atomic E-state index is 15.8. The largest absolute Gasteiger partial charge is 0.424 e. The summed E-state index contributed by atoms with van der Waals surface area (Å²) in [5.41, 5.74) is 10.3.